The fraction of sp³-hybridized carbons (Fsp3) is 0.133. The smallest absolute Gasteiger partial charge is 0.262 e. The lowest BCUT2D eigenvalue weighted by Gasteiger charge is -2.09. The summed E-state index contributed by atoms with van der Waals surface area (Å²) in [7, 11) is -3.59. The number of aryl methyl sites for hydroxylation is 1. The van der Waals surface area contributed by atoms with E-state index in [-0.39, 0.29) is 9.88 Å². The molecule has 0 aromatic heterocycles. The molecule has 2 aromatic rings. The van der Waals surface area contributed by atoms with Gasteiger partial charge in [-0.25, -0.2) is 8.42 Å². The first-order valence-electron chi connectivity index (χ1n) is 6.13. The third kappa shape index (κ3) is 3.88. The van der Waals surface area contributed by atoms with Gasteiger partial charge < -0.3 is 0 Å². The summed E-state index contributed by atoms with van der Waals surface area (Å²) in [5.41, 5.74) is 1.99. The second kappa shape index (κ2) is 6.15. The monoisotopic (exact) mass is 305 g/mol. The predicted octanol–water partition coefficient (Wildman–Crippen LogP) is 2.84. The summed E-state index contributed by atoms with van der Waals surface area (Å²) in [6, 6.07) is 16.2. The van der Waals surface area contributed by atoms with Crippen LogP contribution in [0.15, 0.2) is 59.5 Å². The van der Waals surface area contributed by atoms with Gasteiger partial charge in [0, 0.05) is 6.42 Å². The van der Waals surface area contributed by atoms with Crippen LogP contribution in [-0.2, 0) is 16.4 Å². The van der Waals surface area contributed by atoms with Gasteiger partial charge in [0.05, 0.1) is 9.88 Å². The van der Waals surface area contributed by atoms with E-state index < -0.39 is 10.0 Å². The van der Waals surface area contributed by atoms with Crippen molar-refractivity contribution in [3.05, 3.63) is 65.7 Å². The maximum absolute atomic E-state index is 12.1. The molecule has 0 fully saturated rings. The van der Waals surface area contributed by atoms with Gasteiger partial charge >= 0.3 is 0 Å². The van der Waals surface area contributed by atoms with Gasteiger partial charge in [-0.3, -0.25) is 4.72 Å². The second-order valence-corrected chi connectivity index (χ2v) is 6.68. The Morgan fingerprint density at radius 3 is 2.25 bits per heavy atom. The van der Waals surface area contributed by atoms with Gasteiger partial charge in [-0.15, -0.1) is 0 Å². The molecule has 5 heteroatoms. The van der Waals surface area contributed by atoms with Gasteiger partial charge in [0.1, 0.15) is 0 Å². The van der Waals surface area contributed by atoms with Crippen molar-refractivity contribution in [2.45, 2.75) is 18.2 Å². The molecule has 0 spiro atoms. The van der Waals surface area contributed by atoms with E-state index in [2.05, 4.69) is 4.72 Å². The average Bonchev–Trinajstić information content (AvgIpc) is 2.39. The zero-order chi connectivity index (χ0) is 14.6. The second-order valence-electron chi connectivity index (χ2n) is 4.50. The third-order valence-electron chi connectivity index (χ3n) is 2.79. The van der Waals surface area contributed by atoms with Gasteiger partial charge in [0.25, 0.3) is 10.0 Å². The highest BCUT2D eigenvalue weighted by Crippen LogP contribution is 2.10. The summed E-state index contributed by atoms with van der Waals surface area (Å²) in [5.74, 6) is 0. The number of thiocarbonyl (C=S) groups is 1. The van der Waals surface area contributed by atoms with E-state index >= 15 is 0 Å². The van der Waals surface area contributed by atoms with Gasteiger partial charge in [-0.05, 0) is 24.6 Å². The number of benzene rings is 2. The first-order chi connectivity index (χ1) is 9.47. The molecule has 0 radical (unpaired) electrons. The molecule has 0 aliphatic carbocycles. The van der Waals surface area contributed by atoms with Gasteiger partial charge in [0.15, 0.2) is 0 Å². The van der Waals surface area contributed by atoms with Crippen molar-refractivity contribution in [2.75, 3.05) is 0 Å². The summed E-state index contributed by atoms with van der Waals surface area (Å²) in [5, 5.41) is 0. The van der Waals surface area contributed by atoms with Crippen LogP contribution in [0.2, 0.25) is 0 Å². The molecule has 3 nitrogen and oxygen atoms in total. The lowest BCUT2D eigenvalue weighted by atomic mass is 10.2. The molecule has 20 heavy (non-hydrogen) atoms. The van der Waals surface area contributed by atoms with E-state index in [9.17, 15) is 8.42 Å². The molecule has 2 rings (SSSR count). The van der Waals surface area contributed by atoms with E-state index in [1.807, 2.05) is 37.3 Å². The lowest BCUT2D eigenvalue weighted by Crippen LogP contribution is -2.30. The van der Waals surface area contributed by atoms with Crippen molar-refractivity contribution in [1.82, 2.24) is 4.72 Å². The Kier molecular flexibility index (Phi) is 4.52. The predicted molar refractivity (Wildman–Crippen MR) is 84.2 cm³/mol. The van der Waals surface area contributed by atoms with Gasteiger partial charge in [-0.1, -0.05) is 60.2 Å². The molecule has 0 bridgehead atoms. The van der Waals surface area contributed by atoms with Crippen LogP contribution in [0.5, 0.6) is 0 Å². The van der Waals surface area contributed by atoms with Crippen LogP contribution in [-0.4, -0.2) is 13.4 Å². The number of hydrogen-bond donors (Lipinski definition) is 1. The Bertz CT molecular complexity index is 692. The van der Waals surface area contributed by atoms with Crippen LogP contribution in [0.4, 0.5) is 0 Å². The molecule has 1 N–H and O–H groups in total. The minimum atomic E-state index is -3.59. The van der Waals surface area contributed by atoms with Crippen LogP contribution in [0.3, 0.4) is 0 Å². The third-order valence-corrected chi connectivity index (χ3v) is 4.57. The van der Waals surface area contributed by atoms with Crippen molar-refractivity contribution in [3.63, 3.8) is 0 Å². The van der Waals surface area contributed by atoms with E-state index in [0.717, 1.165) is 11.1 Å². The zero-order valence-electron chi connectivity index (χ0n) is 11.0. The highest BCUT2D eigenvalue weighted by molar-refractivity contribution is 7.91. The quantitative estimate of drug-likeness (QED) is 0.884. The molecule has 0 aliphatic rings. The molecule has 0 unspecified atom stereocenters. The number of rotatable bonds is 4. The highest BCUT2D eigenvalue weighted by Gasteiger charge is 2.15. The fourth-order valence-electron chi connectivity index (χ4n) is 1.74. The summed E-state index contributed by atoms with van der Waals surface area (Å²) < 4.78 is 26.7. The Morgan fingerprint density at radius 1 is 1.05 bits per heavy atom. The number of sulfonamides is 1. The first kappa shape index (κ1) is 14.7. The van der Waals surface area contributed by atoms with E-state index in [4.69, 9.17) is 12.2 Å². The van der Waals surface area contributed by atoms with Crippen molar-refractivity contribution in [1.29, 1.82) is 0 Å². The molecule has 0 saturated heterocycles. The van der Waals surface area contributed by atoms with E-state index in [1.165, 1.54) is 0 Å². The topological polar surface area (TPSA) is 46.2 Å². The van der Waals surface area contributed by atoms with Crippen LogP contribution in [0, 0.1) is 6.92 Å². The number of nitrogens with one attached hydrogen (secondary N) is 1. The minimum Gasteiger partial charge on any atom is -0.273 e. The summed E-state index contributed by atoms with van der Waals surface area (Å²) in [6.45, 7) is 1.91. The first-order valence-corrected chi connectivity index (χ1v) is 8.03. The average molecular weight is 305 g/mol. The van der Waals surface area contributed by atoms with Crippen LogP contribution >= 0.6 is 12.2 Å². The van der Waals surface area contributed by atoms with E-state index in [0.29, 0.717) is 6.42 Å². The SMILES string of the molecule is Cc1ccc(S(=O)(=O)NC(=S)Cc2ccccc2)cc1. The van der Waals surface area contributed by atoms with Crippen LogP contribution < -0.4 is 4.72 Å². The molecule has 0 atom stereocenters. The summed E-state index contributed by atoms with van der Waals surface area (Å²) >= 11 is 5.12. The van der Waals surface area contributed by atoms with Crippen molar-refractivity contribution >= 4 is 27.2 Å². The van der Waals surface area contributed by atoms with Crippen molar-refractivity contribution < 1.29 is 8.42 Å². The maximum Gasteiger partial charge on any atom is 0.262 e. The molecule has 0 aliphatic heterocycles. The molecular formula is C15H15NO2S2. The van der Waals surface area contributed by atoms with Gasteiger partial charge in [0.2, 0.25) is 0 Å². The van der Waals surface area contributed by atoms with E-state index in [1.54, 1.807) is 24.3 Å². The molecule has 0 saturated carbocycles. The highest BCUT2D eigenvalue weighted by atomic mass is 32.2. The molecular weight excluding hydrogens is 290 g/mol. The summed E-state index contributed by atoms with van der Waals surface area (Å²) in [4.78, 5) is 0.510. The molecule has 2 aromatic carbocycles. The fourth-order valence-corrected chi connectivity index (χ4v) is 3.22. The zero-order valence-corrected chi connectivity index (χ0v) is 12.7. The molecule has 0 amide bonds. The maximum atomic E-state index is 12.1. The molecule has 0 heterocycles. The Labute approximate surface area is 124 Å². The minimum absolute atomic E-state index is 0.221. The Hall–Kier alpha value is -1.72. The summed E-state index contributed by atoms with van der Waals surface area (Å²) in [6.07, 6.45) is 0.404. The lowest BCUT2D eigenvalue weighted by molar-refractivity contribution is 0.592. The number of hydrogen-bond acceptors (Lipinski definition) is 3. The standard InChI is InChI=1S/C15H15NO2S2/c1-12-7-9-14(10-8-12)20(17,18)16-15(19)11-13-5-3-2-4-6-13/h2-10H,11H2,1H3,(H,16,19). The van der Waals surface area contributed by atoms with Gasteiger partial charge in [-0.2, -0.15) is 0 Å². The van der Waals surface area contributed by atoms with Crippen LogP contribution in [0.25, 0.3) is 0 Å². The Balaban J connectivity index is 2.08. The normalized spacial score (nSPS) is 11.1. The van der Waals surface area contributed by atoms with Crippen molar-refractivity contribution in [2.24, 2.45) is 0 Å². The molecule has 104 valence electrons. The van der Waals surface area contributed by atoms with Crippen LogP contribution in [0.1, 0.15) is 11.1 Å². The van der Waals surface area contributed by atoms with Crippen molar-refractivity contribution in [3.8, 4) is 0 Å². The largest absolute Gasteiger partial charge is 0.273 e. The Morgan fingerprint density at radius 2 is 1.65 bits per heavy atom.